The number of pyridine rings is 1. The van der Waals surface area contributed by atoms with Gasteiger partial charge in [-0.05, 0) is 6.42 Å². The minimum atomic E-state index is 0.313. The molecule has 0 amide bonds. The SMILES string of the molecule is Clc1cncc(Cl)c1N1CCC(n2cncn2)C1. The van der Waals surface area contributed by atoms with Gasteiger partial charge in [0, 0.05) is 25.5 Å². The molecule has 1 aliphatic rings. The monoisotopic (exact) mass is 283 g/mol. The second-order valence-electron chi connectivity index (χ2n) is 4.22. The highest BCUT2D eigenvalue weighted by Gasteiger charge is 2.27. The molecule has 94 valence electrons. The predicted octanol–water partition coefficient (Wildman–Crippen LogP) is 2.43. The van der Waals surface area contributed by atoms with Gasteiger partial charge < -0.3 is 4.90 Å². The minimum absolute atomic E-state index is 0.313. The largest absolute Gasteiger partial charge is 0.367 e. The Labute approximate surface area is 114 Å². The fraction of sp³-hybridized carbons (Fsp3) is 0.364. The summed E-state index contributed by atoms with van der Waals surface area (Å²) in [5, 5.41) is 5.34. The maximum absolute atomic E-state index is 6.16. The second-order valence-corrected chi connectivity index (χ2v) is 5.03. The van der Waals surface area contributed by atoms with Crippen LogP contribution in [0.5, 0.6) is 0 Å². The van der Waals surface area contributed by atoms with Gasteiger partial charge in [-0.3, -0.25) is 4.98 Å². The first-order valence-electron chi connectivity index (χ1n) is 5.64. The van der Waals surface area contributed by atoms with E-state index in [1.54, 1.807) is 25.0 Å². The number of nitrogens with zero attached hydrogens (tertiary/aromatic N) is 5. The van der Waals surface area contributed by atoms with Gasteiger partial charge in [0.1, 0.15) is 12.7 Å². The van der Waals surface area contributed by atoms with Crippen LogP contribution < -0.4 is 4.90 Å². The fourth-order valence-corrected chi connectivity index (χ4v) is 2.88. The lowest BCUT2D eigenvalue weighted by atomic mass is 10.3. The van der Waals surface area contributed by atoms with E-state index in [0.29, 0.717) is 16.1 Å². The van der Waals surface area contributed by atoms with Crippen LogP contribution in [0.4, 0.5) is 5.69 Å². The highest BCUT2D eigenvalue weighted by atomic mass is 35.5. The van der Waals surface area contributed by atoms with Crippen LogP contribution >= 0.6 is 23.2 Å². The predicted molar refractivity (Wildman–Crippen MR) is 70.1 cm³/mol. The molecule has 0 spiro atoms. The summed E-state index contributed by atoms with van der Waals surface area (Å²) in [6, 6.07) is 0.313. The van der Waals surface area contributed by atoms with E-state index in [4.69, 9.17) is 23.2 Å². The maximum Gasteiger partial charge on any atom is 0.137 e. The molecule has 1 fully saturated rings. The third-order valence-electron chi connectivity index (χ3n) is 3.12. The topological polar surface area (TPSA) is 46.8 Å². The molecule has 7 heteroatoms. The summed E-state index contributed by atoms with van der Waals surface area (Å²) in [6.07, 6.45) is 7.52. The Morgan fingerprint density at radius 3 is 2.61 bits per heavy atom. The third-order valence-corrected chi connectivity index (χ3v) is 3.67. The van der Waals surface area contributed by atoms with Gasteiger partial charge in [0.15, 0.2) is 0 Å². The van der Waals surface area contributed by atoms with Crippen LogP contribution in [0, 0.1) is 0 Å². The molecule has 3 heterocycles. The van der Waals surface area contributed by atoms with Crippen molar-refractivity contribution < 1.29 is 0 Å². The van der Waals surface area contributed by atoms with Crippen molar-refractivity contribution in [1.82, 2.24) is 19.7 Å². The van der Waals surface area contributed by atoms with Crippen LogP contribution in [0.3, 0.4) is 0 Å². The summed E-state index contributed by atoms with van der Waals surface area (Å²) in [6.45, 7) is 1.72. The lowest BCUT2D eigenvalue weighted by Crippen LogP contribution is -2.21. The summed E-state index contributed by atoms with van der Waals surface area (Å²) < 4.78 is 1.88. The number of hydrogen-bond acceptors (Lipinski definition) is 4. The molecule has 1 aliphatic heterocycles. The molecule has 0 saturated carbocycles. The molecule has 0 aromatic carbocycles. The average Bonchev–Trinajstić information content (AvgIpc) is 2.99. The van der Waals surface area contributed by atoms with Crippen molar-refractivity contribution in [3.05, 3.63) is 35.1 Å². The molecule has 5 nitrogen and oxygen atoms in total. The van der Waals surface area contributed by atoms with Gasteiger partial charge in [-0.25, -0.2) is 9.67 Å². The molecular weight excluding hydrogens is 273 g/mol. The standard InChI is InChI=1S/C11H11Cl2N5/c12-9-3-14-4-10(13)11(9)17-2-1-8(5-17)18-7-15-6-16-18/h3-4,6-8H,1-2,5H2. The molecule has 0 N–H and O–H groups in total. The summed E-state index contributed by atoms with van der Waals surface area (Å²) in [7, 11) is 0. The van der Waals surface area contributed by atoms with E-state index >= 15 is 0 Å². The van der Waals surface area contributed by atoms with E-state index in [9.17, 15) is 0 Å². The van der Waals surface area contributed by atoms with E-state index in [1.807, 2.05) is 4.68 Å². The Morgan fingerprint density at radius 2 is 1.94 bits per heavy atom. The van der Waals surface area contributed by atoms with E-state index in [1.165, 1.54) is 0 Å². The number of aromatic nitrogens is 4. The van der Waals surface area contributed by atoms with Gasteiger partial charge in [-0.1, -0.05) is 23.2 Å². The van der Waals surface area contributed by atoms with Crippen LogP contribution in [0.15, 0.2) is 25.0 Å². The van der Waals surface area contributed by atoms with Crippen molar-refractivity contribution in [3.63, 3.8) is 0 Å². The zero-order valence-electron chi connectivity index (χ0n) is 9.50. The Hall–Kier alpha value is -1.33. The lowest BCUT2D eigenvalue weighted by Gasteiger charge is -2.20. The summed E-state index contributed by atoms with van der Waals surface area (Å²) in [5.41, 5.74) is 0.857. The van der Waals surface area contributed by atoms with Crippen molar-refractivity contribution in [1.29, 1.82) is 0 Å². The number of rotatable bonds is 2. The number of hydrogen-bond donors (Lipinski definition) is 0. The highest BCUT2D eigenvalue weighted by molar-refractivity contribution is 6.38. The second kappa shape index (κ2) is 4.74. The number of halogens is 2. The van der Waals surface area contributed by atoms with Gasteiger partial charge in [0.25, 0.3) is 0 Å². The zero-order chi connectivity index (χ0) is 12.5. The molecule has 2 aromatic rings. The van der Waals surface area contributed by atoms with Crippen LogP contribution in [0.1, 0.15) is 12.5 Å². The first-order valence-corrected chi connectivity index (χ1v) is 6.39. The fourth-order valence-electron chi connectivity index (χ4n) is 2.27. The van der Waals surface area contributed by atoms with Crippen LogP contribution in [-0.2, 0) is 0 Å². The molecule has 1 saturated heterocycles. The molecule has 0 aliphatic carbocycles. The van der Waals surface area contributed by atoms with Crippen molar-refractivity contribution in [2.45, 2.75) is 12.5 Å². The Balaban J connectivity index is 1.84. The zero-order valence-corrected chi connectivity index (χ0v) is 11.0. The smallest absolute Gasteiger partial charge is 0.137 e. The van der Waals surface area contributed by atoms with Crippen molar-refractivity contribution >= 4 is 28.9 Å². The van der Waals surface area contributed by atoms with E-state index < -0.39 is 0 Å². The quantitative estimate of drug-likeness (QED) is 0.849. The van der Waals surface area contributed by atoms with E-state index in [2.05, 4.69) is 20.0 Å². The molecule has 1 atom stereocenters. The molecular formula is C11H11Cl2N5. The first-order chi connectivity index (χ1) is 8.75. The number of anilines is 1. The van der Waals surface area contributed by atoms with E-state index in [0.717, 1.165) is 25.2 Å². The molecule has 18 heavy (non-hydrogen) atoms. The highest BCUT2D eigenvalue weighted by Crippen LogP contribution is 2.36. The van der Waals surface area contributed by atoms with Gasteiger partial charge in [0.05, 0.1) is 21.8 Å². The molecule has 2 aromatic heterocycles. The third kappa shape index (κ3) is 2.04. The molecule has 1 unspecified atom stereocenters. The molecule has 0 radical (unpaired) electrons. The van der Waals surface area contributed by atoms with Gasteiger partial charge in [-0.15, -0.1) is 0 Å². The molecule has 3 rings (SSSR count). The normalized spacial score (nSPS) is 19.4. The summed E-state index contributed by atoms with van der Waals surface area (Å²) in [4.78, 5) is 10.1. The van der Waals surface area contributed by atoms with Gasteiger partial charge in [-0.2, -0.15) is 5.10 Å². The lowest BCUT2D eigenvalue weighted by molar-refractivity contribution is 0.493. The van der Waals surface area contributed by atoms with Crippen molar-refractivity contribution in [2.75, 3.05) is 18.0 Å². The average molecular weight is 284 g/mol. The summed E-state index contributed by atoms with van der Waals surface area (Å²) >= 11 is 12.3. The maximum atomic E-state index is 6.16. The van der Waals surface area contributed by atoms with Crippen molar-refractivity contribution in [2.24, 2.45) is 0 Å². The Kier molecular flexibility index (Phi) is 3.09. The minimum Gasteiger partial charge on any atom is -0.367 e. The van der Waals surface area contributed by atoms with Crippen molar-refractivity contribution in [3.8, 4) is 0 Å². The Morgan fingerprint density at radius 1 is 1.17 bits per heavy atom. The van der Waals surface area contributed by atoms with Gasteiger partial charge in [0.2, 0.25) is 0 Å². The summed E-state index contributed by atoms with van der Waals surface area (Å²) in [5.74, 6) is 0. The van der Waals surface area contributed by atoms with E-state index in [-0.39, 0.29) is 0 Å². The first kappa shape index (κ1) is 11.7. The van der Waals surface area contributed by atoms with Crippen LogP contribution in [0.2, 0.25) is 10.0 Å². The Bertz CT molecular complexity index is 522. The van der Waals surface area contributed by atoms with Crippen LogP contribution in [-0.4, -0.2) is 32.8 Å². The van der Waals surface area contributed by atoms with Crippen LogP contribution in [0.25, 0.3) is 0 Å². The van der Waals surface area contributed by atoms with Gasteiger partial charge >= 0.3 is 0 Å². The molecule has 0 bridgehead atoms.